The van der Waals surface area contributed by atoms with E-state index >= 15 is 0 Å². The van der Waals surface area contributed by atoms with E-state index in [1.54, 1.807) is 6.20 Å². The van der Waals surface area contributed by atoms with Crippen molar-refractivity contribution < 1.29 is 9.63 Å². The van der Waals surface area contributed by atoms with Crippen molar-refractivity contribution in [1.29, 1.82) is 0 Å². The van der Waals surface area contributed by atoms with Crippen molar-refractivity contribution in [2.24, 2.45) is 17.0 Å². The molecule has 7 nitrogen and oxygen atoms in total. The van der Waals surface area contributed by atoms with Crippen LogP contribution in [-0.4, -0.2) is 40.5 Å². The maximum absolute atomic E-state index is 13.1. The molecule has 0 bridgehead atoms. The van der Waals surface area contributed by atoms with Gasteiger partial charge in [-0.3, -0.25) is 4.79 Å². The largest absolute Gasteiger partial charge is 0.395 e. The van der Waals surface area contributed by atoms with E-state index in [0.717, 1.165) is 48.3 Å². The number of nitrogens with zero attached hydrogens (tertiary/aromatic N) is 3. The minimum Gasteiger partial charge on any atom is -0.395 e. The first-order valence-electron chi connectivity index (χ1n) is 11.8. The standard InChI is InChI=1S/C25H31N5O2/c1-16-23(20-5-2-3-6-21(20)27-16)25(31)28-19-12-10-18(11-13-19)24(22-7-4-14-26-29-22)30-32-15-17-8-9-17/h2-7,14,16-19,23,27H,8-13,15H2,1H3,(H,28,31)/b30-24-. The molecule has 1 aromatic carbocycles. The summed E-state index contributed by atoms with van der Waals surface area (Å²) in [6.45, 7) is 2.76. The predicted molar refractivity (Wildman–Crippen MR) is 123 cm³/mol. The van der Waals surface area contributed by atoms with Gasteiger partial charge in [0.15, 0.2) is 0 Å². The molecule has 0 radical (unpaired) electrons. The highest BCUT2D eigenvalue weighted by atomic mass is 16.6. The lowest BCUT2D eigenvalue weighted by molar-refractivity contribution is -0.123. The molecule has 3 aliphatic rings. The number of carbonyl (C=O) groups is 1. The molecule has 1 aromatic heterocycles. The van der Waals surface area contributed by atoms with Crippen LogP contribution in [0.3, 0.4) is 0 Å². The van der Waals surface area contributed by atoms with Gasteiger partial charge in [-0.25, -0.2) is 0 Å². The van der Waals surface area contributed by atoms with Crippen molar-refractivity contribution in [3.63, 3.8) is 0 Å². The Morgan fingerprint density at radius 1 is 1.12 bits per heavy atom. The van der Waals surface area contributed by atoms with E-state index in [1.165, 1.54) is 12.8 Å². The van der Waals surface area contributed by atoms with Crippen LogP contribution in [0, 0.1) is 11.8 Å². The van der Waals surface area contributed by atoms with Crippen LogP contribution >= 0.6 is 0 Å². The maximum atomic E-state index is 13.1. The van der Waals surface area contributed by atoms with Crippen LogP contribution in [-0.2, 0) is 9.63 Å². The third-order valence-electron chi connectivity index (χ3n) is 6.93. The molecule has 2 atom stereocenters. The number of nitrogens with one attached hydrogen (secondary N) is 2. The van der Waals surface area contributed by atoms with Crippen LogP contribution in [0.5, 0.6) is 0 Å². The number of anilines is 1. The second-order valence-electron chi connectivity index (χ2n) is 9.38. The molecule has 1 aliphatic heterocycles. The Kier molecular flexibility index (Phi) is 6.06. The molecule has 168 valence electrons. The Balaban J connectivity index is 1.20. The quantitative estimate of drug-likeness (QED) is 0.511. The first-order chi connectivity index (χ1) is 15.7. The van der Waals surface area contributed by atoms with Gasteiger partial charge in [-0.15, -0.1) is 5.10 Å². The zero-order valence-electron chi connectivity index (χ0n) is 18.5. The topological polar surface area (TPSA) is 88.5 Å². The van der Waals surface area contributed by atoms with Gasteiger partial charge in [0.1, 0.15) is 18.0 Å². The highest BCUT2D eigenvalue weighted by molar-refractivity contribution is 6.00. The number of oxime groups is 1. The number of amides is 1. The van der Waals surface area contributed by atoms with Gasteiger partial charge in [0.05, 0.1) is 5.92 Å². The Morgan fingerprint density at radius 3 is 2.69 bits per heavy atom. The fourth-order valence-corrected chi connectivity index (χ4v) is 4.93. The zero-order chi connectivity index (χ0) is 21.9. The minimum atomic E-state index is -0.142. The summed E-state index contributed by atoms with van der Waals surface area (Å²) in [7, 11) is 0. The van der Waals surface area contributed by atoms with Gasteiger partial charge >= 0.3 is 0 Å². The van der Waals surface area contributed by atoms with Crippen LogP contribution in [0.4, 0.5) is 5.69 Å². The third kappa shape index (κ3) is 4.61. The molecule has 2 aliphatic carbocycles. The van der Waals surface area contributed by atoms with Gasteiger partial charge in [0, 0.05) is 29.9 Å². The number of para-hydroxylation sites is 1. The monoisotopic (exact) mass is 433 g/mol. The molecule has 2 aromatic rings. The molecular weight excluding hydrogens is 402 g/mol. The van der Waals surface area contributed by atoms with Crippen molar-refractivity contribution in [3.8, 4) is 0 Å². The van der Waals surface area contributed by atoms with Crippen LogP contribution in [0.1, 0.15) is 62.6 Å². The normalized spacial score (nSPS) is 27.3. The second-order valence-corrected chi connectivity index (χ2v) is 9.38. The van der Waals surface area contributed by atoms with Crippen LogP contribution in [0.2, 0.25) is 0 Å². The molecule has 0 saturated heterocycles. The van der Waals surface area contributed by atoms with Gasteiger partial charge in [-0.2, -0.15) is 5.10 Å². The summed E-state index contributed by atoms with van der Waals surface area (Å²) < 4.78 is 0. The highest BCUT2D eigenvalue weighted by Crippen LogP contribution is 2.36. The fourth-order valence-electron chi connectivity index (χ4n) is 4.93. The average Bonchev–Trinajstić information content (AvgIpc) is 3.57. The summed E-state index contributed by atoms with van der Waals surface area (Å²) in [5.74, 6) is 0.905. The lowest BCUT2D eigenvalue weighted by Crippen LogP contribution is -2.43. The number of fused-ring (bicyclic) bond motifs is 1. The maximum Gasteiger partial charge on any atom is 0.229 e. The highest BCUT2D eigenvalue weighted by Gasteiger charge is 2.36. The van der Waals surface area contributed by atoms with Crippen LogP contribution in [0.25, 0.3) is 0 Å². The van der Waals surface area contributed by atoms with Crippen molar-refractivity contribution in [2.75, 3.05) is 11.9 Å². The SMILES string of the molecule is CC1Nc2ccccc2C1C(=O)NC1CCC(/C(=N/OCC2CC2)c2cccnn2)CC1. The molecule has 2 N–H and O–H groups in total. The van der Waals surface area contributed by atoms with Crippen molar-refractivity contribution in [3.05, 3.63) is 53.9 Å². The van der Waals surface area contributed by atoms with E-state index < -0.39 is 0 Å². The Labute approximate surface area is 189 Å². The molecule has 32 heavy (non-hydrogen) atoms. The summed E-state index contributed by atoms with van der Waals surface area (Å²) in [6.07, 6.45) is 7.89. The molecule has 2 saturated carbocycles. The summed E-state index contributed by atoms with van der Waals surface area (Å²) in [5.41, 5.74) is 3.85. The number of benzene rings is 1. The van der Waals surface area contributed by atoms with Crippen LogP contribution in [0.15, 0.2) is 47.8 Å². The number of rotatable bonds is 7. The van der Waals surface area contributed by atoms with E-state index in [4.69, 9.17) is 4.84 Å². The summed E-state index contributed by atoms with van der Waals surface area (Å²) >= 11 is 0. The zero-order valence-corrected chi connectivity index (χ0v) is 18.5. The van der Waals surface area contributed by atoms with Gasteiger partial charge < -0.3 is 15.5 Å². The van der Waals surface area contributed by atoms with Crippen molar-refractivity contribution in [2.45, 2.75) is 63.5 Å². The summed E-state index contributed by atoms with van der Waals surface area (Å²) in [6, 6.07) is 12.2. The lowest BCUT2D eigenvalue weighted by Gasteiger charge is -2.30. The van der Waals surface area contributed by atoms with E-state index in [1.807, 2.05) is 30.3 Å². The van der Waals surface area contributed by atoms with Crippen molar-refractivity contribution in [1.82, 2.24) is 15.5 Å². The lowest BCUT2D eigenvalue weighted by atomic mass is 9.81. The number of carbonyl (C=O) groups excluding carboxylic acids is 1. The average molecular weight is 434 g/mol. The minimum absolute atomic E-state index is 0.0998. The molecule has 1 amide bonds. The smallest absolute Gasteiger partial charge is 0.229 e. The van der Waals surface area contributed by atoms with Crippen molar-refractivity contribution >= 4 is 17.3 Å². The van der Waals surface area contributed by atoms with Crippen LogP contribution < -0.4 is 10.6 Å². The number of hydrogen-bond acceptors (Lipinski definition) is 6. The molecule has 2 heterocycles. The number of aromatic nitrogens is 2. The van der Waals surface area contributed by atoms with E-state index in [-0.39, 0.29) is 29.8 Å². The Hall–Kier alpha value is -2.96. The van der Waals surface area contributed by atoms with Gasteiger partial charge in [-0.1, -0.05) is 23.4 Å². The second kappa shape index (κ2) is 9.27. The number of hydrogen-bond donors (Lipinski definition) is 2. The molecule has 7 heteroatoms. The molecule has 0 spiro atoms. The third-order valence-corrected chi connectivity index (χ3v) is 6.93. The van der Waals surface area contributed by atoms with E-state index in [9.17, 15) is 4.79 Å². The van der Waals surface area contributed by atoms with E-state index in [2.05, 4.69) is 39.0 Å². The first-order valence-corrected chi connectivity index (χ1v) is 11.8. The Bertz CT molecular complexity index is 967. The van der Waals surface area contributed by atoms with Gasteiger partial charge in [-0.05, 0) is 75.1 Å². The predicted octanol–water partition coefficient (Wildman–Crippen LogP) is 3.88. The molecule has 5 rings (SSSR count). The van der Waals surface area contributed by atoms with Gasteiger partial charge in [0.25, 0.3) is 0 Å². The molecule has 2 fully saturated rings. The molecule has 2 unspecified atom stereocenters. The Morgan fingerprint density at radius 2 is 1.94 bits per heavy atom. The summed E-state index contributed by atoms with van der Waals surface area (Å²) in [5, 5.41) is 19.6. The van der Waals surface area contributed by atoms with E-state index in [0.29, 0.717) is 12.5 Å². The summed E-state index contributed by atoms with van der Waals surface area (Å²) in [4.78, 5) is 18.8. The first kappa shape index (κ1) is 20.9. The van der Waals surface area contributed by atoms with Gasteiger partial charge in [0.2, 0.25) is 5.91 Å². The molecular formula is C25H31N5O2. The fraction of sp³-hybridized carbons (Fsp3) is 0.520.